The molecule has 0 atom stereocenters. The van der Waals surface area contributed by atoms with Gasteiger partial charge in [-0.15, -0.1) is 0 Å². The number of para-hydroxylation sites is 2. The van der Waals surface area contributed by atoms with E-state index in [4.69, 9.17) is 4.74 Å². The van der Waals surface area contributed by atoms with Gasteiger partial charge in [0.05, 0.1) is 4.92 Å². The van der Waals surface area contributed by atoms with Crippen molar-refractivity contribution in [1.29, 1.82) is 0 Å². The second-order valence-electron chi connectivity index (χ2n) is 3.87. The first-order chi connectivity index (χ1) is 9.66. The third kappa shape index (κ3) is 1.88. The summed E-state index contributed by atoms with van der Waals surface area (Å²) < 4.78 is 10.00. The Morgan fingerprint density at radius 3 is 2.60 bits per heavy atom. The third-order valence-corrected chi connectivity index (χ3v) is 2.64. The monoisotopic (exact) mass is 273 g/mol. The Bertz CT molecular complexity index is 799. The molecule has 20 heavy (non-hydrogen) atoms. The number of aromatic nitrogens is 2. The Balaban J connectivity index is 2.10. The molecule has 0 unspecified atom stereocenters. The number of hydrogen-bond donors (Lipinski definition) is 1. The van der Waals surface area contributed by atoms with Gasteiger partial charge in [-0.2, -0.15) is 0 Å². The van der Waals surface area contributed by atoms with Gasteiger partial charge in [-0.05, 0) is 28.5 Å². The van der Waals surface area contributed by atoms with Crippen LogP contribution in [-0.2, 0) is 0 Å². The number of phenolic OH excluding ortho intramolecular Hbond substituents is 1. The zero-order valence-corrected chi connectivity index (χ0v) is 9.89. The van der Waals surface area contributed by atoms with Crippen molar-refractivity contribution in [3.63, 3.8) is 0 Å². The van der Waals surface area contributed by atoms with Gasteiger partial charge in [-0.25, -0.2) is 4.63 Å². The number of hydrogen-bond acceptors (Lipinski definition) is 7. The summed E-state index contributed by atoms with van der Waals surface area (Å²) in [6, 6.07) is 8.94. The highest BCUT2D eigenvalue weighted by atomic mass is 16.6. The molecule has 3 rings (SSSR count). The van der Waals surface area contributed by atoms with E-state index in [1.807, 2.05) is 0 Å². The minimum atomic E-state index is -0.587. The number of benzene rings is 2. The Morgan fingerprint density at radius 2 is 1.85 bits per heavy atom. The zero-order valence-electron chi connectivity index (χ0n) is 9.89. The molecule has 1 heterocycles. The van der Waals surface area contributed by atoms with E-state index in [2.05, 4.69) is 14.9 Å². The van der Waals surface area contributed by atoms with Gasteiger partial charge >= 0.3 is 5.69 Å². The van der Waals surface area contributed by atoms with Gasteiger partial charge in [0.2, 0.25) is 5.52 Å². The van der Waals surface area contributed by atoms with Gasteiger partial charge in [0.1, 0.15) is 0 Å². The smallest absolute Gasteiger partial charge is 0.301 e. The number of rotatable bonds is 3. The zero-order chi connectivity index (χ0) is 14.1. The lowest BCUT2D eigenvalue weighted by atomic mass is 10.2. The molecule has 0 aliphatic rings. The summed E-state index contributed by atoms with van der Waals surface area (Å²) in [5.74, 6) is 0.342. The molecule has 0 aliphatic heterocycles. The molecule has 3 aromatic rings. The predicted octanol–water partition coefficient (Wildman–Crippen LogP) is 2.63. The summed E-state index contributed by atoms with van der Waals surface area (Å²) in [4.78, 5) is 10.3. The van der Waals surface area contributed by atoms with Crippen molar-refractivity contribution in [3.05, 3.63) is 46.5 Å². The van der Waals surface area contributed by atoms with Crippen molar-refractivity contribution in [2.75, 3.05) is 0 Å². The van der Waals surface area contributed by atoms with Crippen LogP contribution < -0.4 is 4.74 Å². The van der Waals surface area contributed by atoms with Crippen LogP contribution in [0.25, 0.3) is 11.0 Å². The lowest BCUT2D eigenvalue weighted by Crippen LogP contribution is -1.92. The number of non-ortho nitro benzene ring substituents is 1. The van der Waals surface area contributed by atoms with E-state index < -0.39 is 4.92 Å². The highest BCUT2D eigenvalue weighted by Gasteiger charge is 2.21. The molecule has 2 aromatic carbocycles. The van der Waals surface area contributed by atoms with Gasteiger partial charge in [0.25, 0.3) is 0 Å². The molecular formula is C12H7N3O5. The molecule has 100 valence electrons. The fraction of sp³-hybridized carbons (Fsp3) is 0. The van der Waals surface area contributed by atoms with Crippen LogP contribution in [0.2, 0.25) is 0 Å². The second-order valence-corrected chi connectivity index (χ2v) is 3.87. The molecule has 0 aliphatic carbocycles. The van der Waals surface area contributed by atoms with E-state index >= 15 is 0 Å². The van der Waals surface area contributed by atoms with Crippen molar-refractivity contribution in [1.82, 2.24) is 10.3 Å². The van der Waals surface area contributed by atoms with E-state index in [1.54, 1.807) is 18.2 Å². The van der Waals surface area contributed by atoms with Crippen LogP contribution in [0.15, 0.2) is 41.0 Å². The summed E-state index contributed by atoms with van der Waals surface area (Å²) in [5, 5.41) is 27.6. The van der Waals surface area contributed by atoms with Gasteiger partial charge in [-0.1, -0.05) is 12.1 Å². The lowest BCUT2D eigenvalue weighted by Gasteiger charge is -2.06. The van der Waals surface area contributed by atoms with Crippen molar-refractivity contribution in [2.45, 2.75) is 0 Å². The van der Waals surface area contributed by atoms with Crippen LogP contribution in [0.1, 0.15) is 0 Å². The molecule has 0 spiro atoms. The van der Waals surface area contributed by atoms with Gasteiger partial charge in [-0.3, -0.25) is 10.1 Å². The standard InChI is InChI=1S/C12H7N3O5/c16-8-3-1-2-4-9(8)19-10-6-5-7(15(17)18)11-12(10)14-20-13-11/h1-6,16H. The highest BCUT2D eigenvalue weighted by molar-refractivity contribution is 5.88. The summed E-state index contributed by atoms with van der Waals surface area (Å²) in [5.41, 5.74) is -0.128. The molecule has 0 saturated heterocycles. The predicted molar refractivity (Wildman–Crippen MR) is 66.6 cm³/mol. The van der Waals surface area contributed by atoms with Crippen LogP contribution in [0.4, 0.5) is 5.69 Å². The van der Waals surface area contributed by atoms with Crippen molar-refractivity contribution in [3.8, 4) is 17.2 Å². The summed E-state index contributed by atoms with van der Waals surface area (Å²) in [6.45, 7) is 0. The quantitative estimate of drug-likeness (QED) is 0.576. The van der Waals surface area contributed by atoms with Gasteiger partial charge in [0, 0.05) is 6.07 Å². The van der Waals surface area contributed by atoms with E-state index in [0.29, 0.717) is 0 Å². The van der Waals surface area contributed by atoms with Crippen LogP contribution in [0.3, 0.4) is 0 Å². The Labute approximate surface area is 111 Å². The van der Waals surface area contributed by atoms with Crippen LogP contribution in [0.5, 0.6) is 17.2 Å². The Hall–Kier alpha value is -3.16. The molecular weight excluding hydrogens is 266 g/mol. The van der Waals surface area contributed by atoms with Crippen molar-refractivity contribution >= 4 is 16.7 Å². The number of fused-ring (bicyclic) bond motifs is 1. The van der Waals surface area contributed by atoms with E-state index in [9.17, 15) is 15.2 Å². The molecule has 8 nitrogen and oxygen atoms in total. The summed E-state index contributed by atoms with van der Waals surface area (Å²) in [6.07, 6.45) is 0. The Kier molecular flexibility index (Phi) is 2.68. The van der Waals surface area contributed by atoms with Gasteiger partial charge in [0.15, 0.2) is 22.8 Å². The Morgan fingerprint density at radius 1 is 1.10 bits per heavy atom. The first-order valence-electron chi connectivity index (χ1n) is 5.52. The molecule has 1 aromatic heterocycles. The summed E-state index contributed by atoms with van der Waals surface area (Å²) >= 11 is 0. The molecule has 0 fully saturated rings. The first kappa shape index (κ1) is 11.9. The second kappa shape index (κ2) is 4.50. The fourth-order valence-electron chi connectivity index (χ4n) is 1.72. The average molecular weight is 273 g/mol. The number of ether oxygens (including phenoxy) is 1. The SMILES string of the molecule is O=[N+]([O-])c1ccc(Oc2ccccc2O)c2nonc12. The third-order valence-electron chi connectivity index (χ3n) is 2.64. The molecule has 1 N–H and O–H groups in total. The molecule has 0 amide bonds. The number of phenols is 1. The maximum atomic E-state index is 10.9. The maximum absolute atomic E-state index is 10.9. The maximum Gasteiger partial charge on any atom is 0.301 e. The van der Waals surface area contributed by atoms with E-state index in [0.717, 1.165) is 0 Å². The minimum absolute atomic E-state index is 0.0112. The number of nitro groups is 1. The largest absolute Gasteiger partial charge is 0.504 e. The first-order valence-corrected chi connectivity index (χ1v) is 5.52. The van der Waals surface area contributed by atoms with Crippen LogP contribution in [-0.4, -0.2) is 20.3 Å². The summed E-state index contributed by atoms with van der Waals surface area (Å²) in [7, 11) is 0. The number of aromatic hydroxyl groups is 1. The molecule has 0 radical (unpaired) electrons. The van der Waals surface area contributed by atoms with Crippen LogP contribution in [0, 0.1) is 10.1 Å². The lowest BCUT2D eigenvalue weighted by molar-refractivity contribution is -0.383. The number of nitro benzene ring substituents is 1. The van der Waals surface area contributed by atoms with E-state index in [1.165, 1.54) is 18.2 Å². The molecule has 0 saturated carbocycles. The van der Waals surface area contributed by atoms with E-state index in [-0.39, 0.29) is 34.0 Å². The normalized spacial score (nSPS) is 10.6. The van der Waals surface area contributed by atoms with Crippen molar-refractivity contribution < 1.29 is 19.4 Å². The van der Waals surface area contributed by atoms with Crippen LogP contribution >= 0.6 is 0 Å². The molecule has 0 bridgehead atoms. The highest BCUT2D eigenvalue weighted by Crippen LogP contribution is 2.36. The fourth-order valence-corrected chi connectivity index (χ4v) is 1.72. The van der Waals surface area contributed by atoms with Crippen molar-refractivity contribution in [2.24, 2.45) is 0 Å². The topological polar surface area (TPSA) is 112 Å². The molecule has 8 heteroatoms. The minimum Gasteiger partial charge on any atom is -0.504 e. The number of nitrogens with zero attached hydrogens (tertiary/aromatic N) is 3. The van der Waals surface area contributed by atoms with Gasteiger partial charge < -0.3 is 9.84 Å². The average Bonchev–Trinajstić information content (AvgIpc) is 2.90.